The lowest BCUT2D eigenvalue weighted by atomic mass is 9.55. The molecule has 4 aliphatic rings. The van der Waals surface area contributed by atoms with E-state index in [1.807, 2.05) is 48.5 Å². The molecular formula is C31H27N3O6. The summed E-state index contributed by atoms with van der Waals surface area (Å²) in [6, 6.07) is 21.1. The van der Waals surface area contributed by atoms with Gasteiger partial charge >= 0.3 is 5.97 Å². The Morgan fingerprint density at radius 3 is 1.60 bits per heavy atom. The second-order valence-electron chi connectivity index (χ2n) is 10.4. The van der Waals surface area contributed by atoms with Crippen LogP contribution in [0.4, 0.5) is 11.4 Å². The average molecular weight is 538 g/mol. The lowest BCUT2D eigenvalue weighted by molar-refractivity contribution is -0.159. The maximum atomic E-state index is 13.8. The normalized spacial score (nSPS) is 22.6. The molecule has 2 bridgehead atoms. The maximum Gasteiger partial charge on any atom is 0.329 e. The van der Waals surface area contributed by atoms with E-state index >= 15 is 0 Å². The molecule has 3 aliphatic carbocycles. The highest BCUT2D eigenvalue weighted by atomic mass is 16.5. The molecule has 202 valence electrons. The molecule has 3 aromatic rings. The van der Waals surface area contributed by atoms with Crippen molar-refractivity contribution in [2.75, 3.05) is 17.2 Å². The molecule has 40 heavy (non-hydrogen) atoms. The lowest BCUT2D eigenvalue weighted by Crippen LogP contribution is -2.45. The molecule has 9 nitrogen and oxygen atoms in total. The smallest absolute Gasteiger partial charge is 0.329 e. The number of carbonyl (C=O) groups excluding carboxylic acids is 5. The van der Waals surface area contributed by atoms with Crippen LogP contribution < -0.4 is 10.6 Å². The number of nitrogens with zero attached hydrogens (tertiary/aromatic N) is 1. The van der Waals surface area contributed by atoms with Crippen LogP contribution in [0.5, 0.6) is 0 Å². The molecule has 1 heterocycles. The monoisotopic (exact) mass is 537 g/mol. The molecule has 0 unspecified atom stereocenters. The summed E-state index contributed by atoms with van der Waals surface area (Å²) < 4.78 is 5.22. The number of imide groups is 1. The van der Waals surface area contributed by atoms with Crippen LogP contribution >= 0.6 is 0 Å². The van der Waals surface area contributed by atoms with Crippen LogP contribution in [0.25, 0.3) is 0 Å². The Hall–Kier alpha value is -4.79. The molecule has 7 rings (SSSR count). The molecule has 0 spiro atoms. The van der Waals surface area contributed by atoms with E-state index in [1.165, 1.54) is 13.8 Å². The third-order valence-electron chi connectivity index (χ3n) is 8.05. The Balaban J connectivity index is 1.15. The predicted octanol–water partition coefficient (Wildman–Crippen LogP) is 3.41. The van der Waals surface area contributed by atoms with Crippen molar-refractivity contribution in [3.05, 3.63) is 95.1 Å². The van der Waals surface area contributed by atoms with Crippen LogP contribution in [-0.2, 0) is 28.7 Å². The quantitative estimate of drug-likeness (QED) is 0.367. The van der Waals surface area contributed by atoms with E-state index in [4.69, 9.17) is 4.74 Å². The number of hydrogen-bond donors (Lipinski definition) is 2. The second kappa shape index (κ2) is 9.75. The summed E-state index contributed by atoms with van der Waals surface area (Å²) >= 11 is 0. The Bertz CT molecular complexity index is 1450. The minimum atomic E-state index is -1.18. The summed E-state index contributed by atoms with van der Waals surface area (Å²) in [6.07, 6.45) is 0. The van der Waals surface area contributed by atoms with Crippen LogP contribution in [0.1, 0.15) is 47.9 Å². The minimum Gasteiger partial charge on any atom is -0.454 e. The first-order valence-electron chi connectivity index (χ1n) is 13.1. The fourth-order valence-electron chi connectivity index (χ4n) is 6.48. The summed E-state index contributed by atoms with van der Waals surface area (Å²) in [5.74, 6) is -4.13. The fourth-order valence-corrected chi connectivity index (χ4v) is 6.48. The highest BCUT2D eigenvalue weighted by molar-refractivity contribution is 6.10. The first-order chi connectivity index (χ1) is 19.3. The molecule has 1 aliphatic heterocycles. The van der Waals surface area contributed by atoms with Crippen molar-refractivity contribution in [2.24, 2.45) is 11.8 Å². The number of anilines is 2. The van der Waals surface area contributed by atoms with Crippen LogP contribution in [-0.4, -0.2) is 47.1 Å². The molecule has 1 fully saturated rings. The Kier molecular flexibility index (Phi) is 6.21. The van der Waals surface area contributed by atoms with Gasteiger partial charge in [-0.05, 0) is 53.4 Å². The summed E-state index contributed by atoms with van der Waals surface area (Å²) in [7, 11) is 0. The number of esters is 1. The van der Waals surface area contributed by atoms with Crippen molar-refractivity contribution in [3.63, 3.8) is 0 Å². The van der Waals surface area contributed by atoms with E-state index in [0.29, 0.717) is 11.4 Å². The van der Waals surface area contributed by atoms with Gasteiger partial charge in [-0.2, -0.15) is 0 Å². The molecule has 0 saturated carbocycles. The van der Waals surface area contributed by atoms with Crippen LogP contribution in [0, 0.1) is 11.8 Å². The minimum absolute atomic E-state index is 0.214. The van der Waals surface area contributed by atoms with Crippen molar-refractivity contribution in [1.29, 1.82) is 0 Å². The Morgan fingerprint density at radius 1 is 0.750 bits per heavy atom. The lowest BCUT2D eigenvalue weighted by Gasteiger charge is -2.45. The molecule has 3 atom stereocenters. The third-order valence-corrected chi connectivity index (χ3v) is 8.05. The van der Waals surface area contributed by atoms with Gasteiger partial charge in [0.15, 0.2) is 6.61 Å². The molecule has 0 radical (unpaired) electrons. The van der Waals surface area contributed by atoms with Crippen molar-refractivity contribution < 1.29 is 28.7 Å². The van der Waals surface area contributed by atoms with Gasteiger partial charge in [0.05, 0.1) is 11.8 Å². The van der Waals surface area contributed by atoms with E-state index in [9.17, 15) is 24.0 Å². The number of amides is 4. The molecule has 9 heteroatoms. The zero-order valence-electron chi connectivity index (χ0n) is 21.9. The van der Waals surface area contributed by atoms with Crippen molar-refractivity contribution in [1.82, 2.24) is 4.90 Å². The van der Waals surface area contributed by atoms with Gasteiger partial charge < -0.3 is 15.4 Å². The molecular weight excluding hydrogens is 510 g/mol. The third kappa shape index (κ3) is 4.05. The standard InChI is InChI=1S/C31H27N3O6/c1-16(31(39)40-15-24(36)33-19-13-11-18(12-14-19)32-17(2)35)34-29(37)27-25-20-7-3-4-8-21(20)26(28(27)30(34)38)23-10-6-5-9-22(23)25/h3-14,16,25-28H,15H2,1-2H3,(H,32,35)(H,33,36)/t16-,25?,26?,27-,28+/m1/s1. The number of rotatable bonds is 6. The topological polar surface area (TPSA) is 122 Å². The Labute approximate surface area is 230 Å². The molecule has 3 aromatic carbocycles. The highest BCUT2D eigenvalue weighted by Crippen LogP contribution is 2.61. The zero-order chi connectivity index (χ0) is 28.1. The van der Waals surface area contributed by atoms with E-state index in [-0.39, 0.29) is 29.6 Å². The van der Waals surface area contributed by atoms with Gasteiger partial charge in [-0.25, -0.2) is 4.79 Å². The first kappa shape index (κ1) is 25.5. The van der Waals surface area contributed by atoms with Gasteiger partial charge in [-0.15, -0.1) is 0 Å². The van der Waals surface area contributed by atoms with Gasteiger partial charge in [0.1, 0.15) is 6.04 Å². The SMILES string of the molecule is CC(=O)Nc1ccc(NC(=O)COC(=O)[C@@H](C)N2C(=O)[C@@H]3C4c5ccccc5C(c5ccccc54)[C@@H]3C2=O)cc1. The van der Waals surface area contributed by atoms with Gasteiger partial charge in [0, 0.05) is 30.1 Å². The molecule has 0 aromatic heterocycles. The largest absolute Gasteiger partial charge is 0.454 e. The van der Waals surface area contributed by atoms with E-state index in [1.54, 1.807) is 24.3 Å². The van der Waals surface area contributed by atoms with E-state index in [2.05, 4.69) is 10.6 Å². The van der Waals surface area contributed by atoms with Crippen LogP contribution in [0.15, 0.2) is 72.8 Å². The number of likely N-dealkylation sites (tertiary alicyclic amines) is 1. The van der Waals surface area contributed by atoms with Gasteiger partial charge in [-0.3, -0.25) is 24.1 Å². The number of nitrogens with one attached hydrogen (secondary N) is 2. The summed E-state index contributed by atoms with van der Waals surface area (Å²) in [6.45, 7) is 2.27. The van der Waals surface area contributed by atoms with Gasteiger partial charge in [-0.1, -0.05) is 48.5 Å². The van der Waals surface area contributed by atoms with Crippen molar-refractivity contribution >= 4 is 41.0 Å². The summed E-state index contributed by atoms with van der Waals surface area (Å²) in [4.78, 5) is 65.1. The number of carbonyl (C=O) groups is 5. The zero-order valence-corrected chi connectivity index (χ0v) is 21.9. The molecule has 1 saturated heterocycles. The first-order valence-corrected chi connectivity index (χ1v) is 13.1. The van der Waals surface area contributed by atoms with Crippen LogP contribution in [0.3, 0.4) is 0 Å². The van der Waals surface area contributed by atoms with Gasteiger partial charge in [0.2, 0.25) is 17.7 Å². The molecule has 2 N–H and O–H groups in total. The van der Waals surface area contributed by atoms with Crippen molar-refractivity contribution in [3.8, 4) is 0 Å². The average Bonchev–Trinajstić information content (AvgIpc) is 3.22. The van der Waals surface area contributed by atoms with Crippen molar-refractivity contribution in [2.45, 2.75) is 31.7 Å². The van der Waals surface area contributed by atoms with E-state index in [0.717, 1.165) is 27.2 Å². The number of benzene rings is 3. The predicted molar refractivity (Wildman–Crippen MR) is 145 cm³/mol. The summed E-state index contributed by atoms with van der Waals surface area (Å²) in [5, 5.41) is 5.24. The number of ether oxygens (including phenoxy) is 1. The number of hydrogen-bond acceptors (Lipinski definition) is 6. The fraction of sp³-hybridized carbons (Fsp3) is 0.258. The summed E-state index contributed by atoms with van der Waals surface area (Å²) in [5.41, 5.74) is 5.22. The molecule has 4 amide bonds. The highest BCUT2D eigenvalue weighted by Gasteiger charge is 2.62. The Morgan fingerprint density at radius 2 is 1.18 bits per heavy atom. The maximum absolute atomic E-state index is 13.8. The second-order valence-corrected chi connectivity index (χ2v) is 10.4. The van der Waals surface area contributed by atoms with Crippen LogP contribution in [0.2, 0.25) is 0 Å². The van der Waals surface area contributed by atoms with Gasteiger partial charge in [0.25, 0.3) is 5.91 Å². The van der Waals surface area contributed by atoms with E-state index < -0.39 is 36.4 Å².